The fourth-order valence-corrected chi connectivity index (χ4v) is 6.72. The smallest absolute Gasteiger partial charge is 0.303 e. The molecule has 0 aromatic heterocycles. The van der Waals surface area contributed by atoms with Gasteiger partial charge in [-0.3, -0.25) is 14.5 Å². The van der Waals surface area contributed by atoms with Gasteiger partial charge in [0.1, 0.15) is 11.4 Å². The van der Waals surface area contributed by atoms with Crippen molar-refractivity contribution < 1.29 is 19.1 Å². The molecule has 1 saturated heterocycles. The molecule has 204 valence electrons. The maximum Gasteiger partial charge on any atom is 0.303 e. The molecule has 1 aliphatic carbocycles. The highest BCUT2D eigenvalue weighted by Crippen LogP contribution is 2.55. The Morgan fingerprint density at radius 3 is 2.58 bits per heavy atom. The average Bonchev–Trinajstić information content (AvgIpc) is 2.91. The Balaban J connectivity index is 1.81. The van der Waals surface area contributed by atoms with E-state index in [1.54, 1.807) is 7.11 Å². The number of carbonyl (C=O) groups is 2. The number of methoxy groups -OCH3 is 1. The summed E-state index contributed by atoms with van der Waals surface area (Å²) in [5.41, 5.74) is 0.654. The molecule has 1 heterocycles. The van der Waals surface area contributed by atoms with Crippen LogP contribution in [0.2, 0.25) is 0 Å². The Bertz CT molecular complexity index is 1130. The van der Waals surface area contributed by atoms with Crippen LogP contribution in [0.3, 0.4) is 0 Å². The van der Waals surface area contributed by atoms with Crippen LogP contribution in [0.4, 0.5) is 0 Å². The van der Waals surface area contributed by atoms with Crippen LogP contribution in [0.5, 0.6) is 5.75 Å². The molecular formula is C32H42N2O4. The molecule has 6 nitrogen and oxygen atoms in total. The summed E-state index contributed by atoms with van der Waals surface area (Å²) in [5, 5.41) is 0. The zero-order valence-corrected chi connectivity index (χ0v) is 23.3. The van der Waals surface area contributed by atoms with Gasteiger partial charge in [-0.15, -0.1) is 6.58 Å². The van der Waals surface area contributed by atoms with Gasteiger partial charge in [-0.05, 0) is 68.0 Å². The fourth-order valence-electron chi connectivity index (χ4n) is 6.72. The molecule has 2 fully saturated rings. The molecule has 0 spiro atoms. The average molecular weight is 519 g/mol. The lowest BCUT2D eigenvalue weighted by Crippen LogP contribution is -2.68. The number of benzene rings is 2. The lowest BCUT2D eigenvalue weighted by molar-refractivity contribution is -0.188. The molecule has 4 rings (SSSR count). The minimum atomic E-state index is -0.706. The molecule has 0 bridgehead atoms. The van der Waals surface area contributed by atoms with Crippen LogP contribution < -0.4 is 4.74 Å². The van der Waals surface area contributed by atoms with E-state index in [2.05, 4.69) is 42.4 Å². The first-order chi connectivity index (χ1) is 18.2. The summed E-state index contributed by atoms with van der Waals surface area (Å²) in [7, 11) is 1.68. The summed E-state index contributed by atoms with van der Waals surface area (Å²) in [4.78, 5) is 30.9. The van der Waals surface area contributed by atoms with E-state index in [0.29, 0.717) is 31.0 Å². The zero-order valence-electron chi connectivity index (χ0n) is 23.3. The van der Waals surface area contributed by atoms with E-state index >= 15 is 0 Å². The van der Waals surface area contributed by atoms with Gasteiger partial charge in [-0.25, -0.2) is 0 Å². The Kier molecular flexibility index (Phi) is 8.61. The number of amides is 1. The van der Waals surface area contributed by atoms with Gasteiger partial charge in [-0.1, -0.05) is 50.3 Å². The maximum atomic E-state index is 13.9. The van der Waals surface area contributed by atoms with Crippen LogP contribution in [0, 0.1) is 5.92 Å². The quantitative estimate of drug-likeness (QED) is 0.325. The summed E-state index contributed by atoms with van der Waals surface area (Å²) in [6.45, 7) is 12.7. The number of carbonyl (C=O) groups excluding carboxylic acids is 2. The highest BCUT2D eigenvalue weighted by molar-refractivity contribution is 5.94. The number of hydrogen-bond donors (Lipinski definition) is 0. The maximum absolute atomic E-state index is 13.9. The largest absolute Gasteiger partial charge is 0.497 e. The van der Waals surface area contributed by atoms with Crippen LogP contribution in [0.25, 0.3) is 0 Å². The first-order valence-electron chi connectivity index (χ1n) is 13.8. The minimum absolute atomic E-state index is 0.0194. The molecule has 3 atom stereocenters. The predicted molar refractivity (Wildman–Crippen MR) is 150 cm³/mol. The van der Waals surface area contributed by atoms with Crippen molar-refractivity contribution in [3.8, 4) is 5.75 Å². The number of nitrogens with zero attached hydrogens (tertiary/aromatic N) is 2. The van der Waals surface area contributed by atoms with Gasteiger partial charge < -0.3 is 14.4 Å². The SMILES string of the molecule is C=CCN1CC[C@@]2(c3cccc(OC)c3)C[C@@H](N(CC(C)C)C(=O)c3ccccc3)CC[C@]2(OC(C)=O)C1. The lowest BCUT2D eigenvalue weighted by Gasteiger charge is -2.60. The normalized spacial score (nSPS) is 25.3. The monoisotopic (exact) mass is 518 g/mol. The molecule has 2 aliphatic rings. The number of piperidine rings is 1. The molecule has 6 heteroatoms. The van der Waals surface area contributed by atoms with E-state index in [-0.39, 0.29) is 17.9 Å². The van der Waals surface area contributed by atoms with Gasteiger partial charge in [0, 0.05) is 43.6 Å². The standard InChI is InChI=1S/C32H42N2O4/c1-6-18-33-19-17-31(27-13-10-14-29(20-27)37-5)21-28(15-16-32(31,23-33)38-25(4)35)34(22-24(2)3)30(36)26-11-8-7-9-12-26/h6-14,20,24,28H,1,15-19,21-23H2,2-5H3/t28-,31-,32-/m0/s1. The predicted octanol–water partition coefficient (Wildman–Crippen LogP) is 5.48. The van der Waals surface area contributed by atoms with Crippen LogP contribution in [-0.4, -0.2) is 66.6 Å². The number of ether oxygens (including phenoxy) is 2. The number of likely N-dealkylation sites (tertiary alicyclic amines) is 1. The van der Waals surface area contributed by atoms with E-state index in [4.69, 9.17) is 9.47 Å². The molecule has 0 radical (unpaired) electrons. The molecule has 0 N–H and O–H groups in total. The van der Waals surface area contributed by atoms with Gasteiger partial charge in [0.15, 0.2) is 0 Å². The first kappa shape index (κ1) is 27.9. The van der Waals surface area contributed by atoms with Crippen molar-refractivity contribution in [1.82, 2.24) is 9.80 Å². The van der Waals surface area contributed by atoms with Gasteiger partial charge in [0.25, 0.3) is 5.91 Å². The summed E-state index contributed by atoms with van der Waals surface area (Å²) in [6, 6.07) is 17.8. The topological polar surface area (TPSA) is 59.1 Å². The molecular weight excluding hydrogens is 476 g/mol. The van der Waals surface area contributed by atoms with Crippen molar-refractivity contribution in [1.29, 1.82) is 0 Å². The third-order valence-electron chi connectivity index (χ3n) is 8.30. The fraction of sp³-hybridized carbons (Fsp3) is 0.500. The second-order valence-electron chi connectivity index (χ2n) is 11.3. The second-order valence-corrected chi connectivity index (χ2v) is 11.3. The van der Waals surface area contributed by atoms with Gasteiger partial charge >= 0.3 is 5.97 Å². The number of hydrogen-bond acceptors (Lipinski definition) is 5. The highest BCUT2D eigenvalue weighted by Gasteiger charge is 2.61. The molecule has 1 aliphatic heterocycles. The van der Waals surface area contributed by atoms with Crippen LogP contribution in [0.1, 0.15) is 62.4 Å². The summed E-state index contributed by atoms with van der Waals surface area (Å²) in [5.74, 6) is 0.901. The van der Waals surface area contributed by atoms with Crippen molar-refractivity contribution >= 4 is 11.9 Å². The Morgan fingerprint density at radius 2 is 1.92 bits per heavy atom. The summed E-state index contributed by atoms with van der Waals surface area (Å²) >= 11 is 0. The Morgan fingerprint density at radius 1 is 1.16 bits per heavy atom. The summed E-state index contributed by atoms with van der Waals surface area (Å²) in [6.07, 6.45) is 4.90. The zero-order chi connectivity index (χ0) is 27.3. The first-order valence-corrected chi connectivity index (χ1v) is 13.8. The van der Waals surface area contributed by atoms with Gasteiger partial charge in [-0.2, -0.15) is 0 Å². The summed E-state index contributed by atoms with van der Waals surface area (Å²) < 4.78 is 12.0. The van der Waals surface area contributed by atoms with Crippen molar-refractivity contribution in [2.75, 3.05) is 33.3 Å². The second kappa shape index (κ2) is 11.7. The lowest BCUT2D eigenvalue weighted by atomic mass is 9.54. The van der Waals surface area contributed by atoms with Crippen molar-refractivity contribution in [3.63, 3.8) is 0 Å². The molecule has 0 unspecified atom stereocenters. The van der Waals surface area contributed by atoms with Crippen molar-refractivity contribution in [2.45, 2.75) is 63.5 Å². The van der Waals surface area contributed by atoms with Crippen LogP contribution >= 0.6 is 0 Å². The van der Waals surface area contributed by atoms with Crippen molar-refractivity contribution in [2.24, 2.45) is 5.92 Å². The Labute approximate surface area is 227 Å². The molecule has 2 aromatic carbocycles. The van der Waals surface area contributed by atoms with E-state index in [9.17, 15) is 9.59 Å². The third-order valence-corrected chi connectivity index (χ3v) is 8.30. The molecule has 1 amide bonds. The molecule has 2 aromatic rings. The molecule has 1 saturated carbocycles. The third kappa shape index (κ3) is 5.51. The van der Waals surface area contributed by atoms with E-state index in [1.807, 2.05) is 48.5 Å². The number of fused-ring (bicyclic) bond motifs is 1. The van der Waals surface area contributed by atoms with E-state index in [0.717, 1.165) is 43.7 Å². The molecule has 38 heavy (non-hydrogen) atoms. The minimum Gasteiger partial charge on any atom is -0.497 e. The van der Waals surface area contributed by atoms with Gasteiger partial charge in [0.2, 0.25) is 0 Å². The van der Waals surface area contributed by atoms with Crippen molar-refractivity contribution in [3.05, 3.63) is 78.4 Å². The number of rotatable bonds is 9. The van der Waals surface area contributed by atoms with E-state index < -0.39 is 11.0 Å². The van der Waals surface area contributed by atoms with Crippen LogP contribution in [0.15, 0.2) is 67.3 Å². The Hall–Kier alpha value is -3.12. The van der Waals surface area contributed by atoms with Crippen LogP contribution in [-0.2, 0) is 14.9 Å². The highest BCUT2D eigenvalue weighted by atomic mass is 16.6. The number of esters is 1. The van der Waals surface area contributed by atoms with E-state index in [1.165, 1.54) is 6.92 Å². The van der Waals surface area contributed by atoms with Gasteiger partial charge in [0.05, 0.1) is 7.11 Å².